The van der Waals surface area contributed by atoms with Gasteiger partial charge in [-0.25, -0.2) is 4.98 Å². The third kappa shape index (κ3) is 4.60. The molecule has 7 nitrogen and oxygen atoms in total. The van der Waals surface area contributed by atoms with Crippen molar-refractivity contribution in [1.29, 1.82) is 0 Å². The third-order valence-corrected chi connectivity index (χ3v) is 6.23. The lowest BCUT2D eigenvalue weighted by atomic mass is 10.1. The zero-order valence-electron chi connectivity index (χ0n) is 17.8. The fraction of sp³-hybridized carbons (Fsp3) is 0.348. The molecule has 4 rings (SSSR count). The minimum atomic E-state index is -0.367. The van der Waals surface area contributed by atoms with Crippen LogP contribution in [0.15, 0.2) is 36.4 Å². The highest BCUT2D eigenvalue weighted by Gasteiger charge is 2.30. The number of rotatable bonds is 6. The SMILES string of the molecule is COC[C@@H]1CCCN1C(=O)c1ccc(C(=O)N[C@@H](C)c2nc3cc(Cl)ccc3[nH]2)cc1Cl. The number of aromatic amines is 1. The van der Waals surface area contributed by atoms with Crippen LogP contribution in [0.5, 0.6) is 0 Å². The number of amides is 2. The average Bonchev–Trinajstić information content (AvgIpc) is 3.40. The predicted molar refractivity (Wildman–Crippen MR) is 124 cm³/mol. The van der Waals surface area contributed by atoms with Crippen LogP contribution in [0.2, 0.25) is 10.0 Å². The Bertz CT molecular complexity index is 1160. The zero-order chi connectivity index (χ0) is 22.8. The Morgan fingerprint density at radius 3 is 2.84 bits per heavy atom. The maximum atomic E-state index is 13.0. The van der Waals surface area contributed by atoms with E-state index in [0.29, 0.717) is 35.1 Å². The minimum Gasteiger partial charge on any atom is -0.383 e. The first-order valence-corrected chi connectivity index (χ1v) is 11.2. The normalized spacial score (nSPS) is 17.0. The van der Waals surface area contributed by atoms with E-state index in [2.05, 4.69) is 15.3 Å². The van der Waals surface area contributed by atoms with Crippen molar-refractivity contribution in [3.63, 3.8) is 0 Å². The molecule has 32 heavy (non-hydrogen) atoms. The van der Waals surface area contributed by atoms with Gasteiger partial charge in [-0.1, -0.05) is 23.2 Å². The van der Waals surface area contributed by atoms with Crippen LogP contribution in [-0.2, 0) is 4.74 Å². The molecule has 0 radical (unpaired) electrons. The van der Waals surface area contributed by atoms with E-state index in [1.165, 1.54) is 6.07 Å². The first-order chi connectivity index (χ1) is 15.4. The Balaban J connectivity index is 1.47. The van der Waals surface area contributed by atoms with Crippen molar-refractivity contribution in [2.45, 2.75) is 31.8 Å². The highest BCUT2D eigenvalue weighted by Crippen LogP contribution is 2.26. The van der Waals surface area contributed by atoms with Gasteiger partial charge in [-0.2, -0.15) is 0 Å². The molecule has 2 amide bonds. The predicted octanol–water partition coefficient (Wildman–Crippen LogP) is 4.61. The molecule has 168 valence electrons. The van der Waals surface area contributed by atoms with Gasteiger partial charge in [0, 0.05) is 24.2 Å². The van der Waals surface area contributed by atoms with Gasteiger partial charge in [-0.05, 0) is 56.2 Å². The molecule has 3 aromatic rings. The second-order valence-electron chi connectivity index (χ2n) is 7.92. The molecule has 0 spiro atoms. The average molecular weight is 475 g/mol. The van der Waals surface area contributed by atoms with Crippen LogP contribution < -0.4 is 5.32 Å². The summed E-state index contributed by atoms with van der Waals surface area (Å²) in [6.07, 6.45) is 1.84. The molecule has 0 bridgehead atoms. The highest BCUT2D eigenvalue weighted by molar-refractivity contribution is 6.34. The number of fused-ring (bicyclic) bond motifs is 1. The van der Waals surface area contributed by atoms with Crippen LogP contribution in [0.25, 0.3) is 11.0 Å². The molecule has 2 heterocycles. The van der Waals surface area contributed by atoms with Gasteiger partial charge < -0.3 is 19.9 Å². The number of nitrogens with zero attached hydrogens (tertiary/aromatic N) is 2. The van der Waals surface area contributed by atoms with E-state index < -0.39 is 0 Å². The summed E-state index contributed by atoms with van der Waals surface area (Å²) in [6.45, 7) is 3.00. The number of imidazole rings is 1. The Morgan fingerprint density at radius 1 is 1.28 bits per heavy atom. The monoisotopic (exact) mass is 474 g/mol. The van der Waals surface area contributed by atoms with Gasteiger partial charge in [0.05, 0.1) is 40.3 Å². The van der Waals surface area contributed by atoms with E-state index in [1.54, 1.807) is 36.3 Å². The van der Waals surface area contributed by atoms with Gasteiger partial charge in [-0.15, -0.1) is 0 Å². The summed E-state index contributed by atoms with van der Waals surface area (Å²) < 4.78 is 5.23. The van der Waals surface area contributed by atoms with E-state index in [4.69, 9.17) is 27.9 Å². The first-order valence-electron chi connectivity index (χ1n) is 10.4. The second kappa shape index (κ2) is 9.48. The summed E-state index contributed by atoms with van der Waals surface area (Å²) >= 11 is 12.4. The van der Waals surface area contributed by atoms with Crippen LogP contribution >= 0.6 is 23.2 Å². The number of H-pyrrole nitrogens is 1. The highest BCUT2D eigenvalue weighted by atomic mass is 35.5. The van der Waals surface area contributed by atoms with Crippen molar-refractivity contribution in [2.24, 2.45) is 0 Å². The Labute approximate surface area is 196 Å². The number of ether oxygens (including phenoxy) is 1. The molecule has 1 aliphatic heterocycles. The van der Waals surface area contributed by atoms with Crippen molar-refractivity contribution in [3.8, 4) is 0 Å². The van der Waals surface area contributed by atoms with E-state index >= 15 is 0 Å². The molecule has 0 saturated carbocycles. The van der Waals surface area contributed by atoms with Gasteiger partial charge in [-0.3, -0.25) is 9.59 Å². The summed E-state index contributed by atoms with van der Waals surface area (Å²) in [5, 5.41) is 3.75. The maximum Gasteiger partial charge on any atom is 0.255 e. The van der Waals surface area contributed by atoms with E-state index in [-0.39, 0.29) is 28.9 Å². The summed E-state index contributed by atoms with van der Waals surface area (Å²) in [7, 11) is 1.63. The number of halogens is 2. The lowest BCUT2D eigenvalue weighted by Gasteiger charge is -2.24. The van der Waals surface area contributed by atoms with E-state index in [0.717, 1.165) is 23.9 Å². The number of benzene rings is 2. The van der Waals surface area contributed by atoms with Gasteiger partial charge in [0.25, 0.3) is 11.8 Å². The summed E-state index contributed by atoms with van der Waals surface area (Å²) in [6, 6.07) is 9.81. The Morgan fingerprint density at radius 2 is 2.09 bits per heavy atom. The van der Waals surface area contributed by atoms with Crippen LogP contribution in [0, 0.1) is 0 Å². The lowest BCUT2D eigenvalue weighted by Crippen LogP contribution is -2.38. The molecule has 1 aromatic heterocycles. The number of likely N-dealkylation sites (tertiary alicyclic amines) is 1. The molecule has 1 saturated heterocycles. The second-order valence-corrected chi connectivity index (χ2v) is 8.77. The molecule has 1 fully saturated rings. The van der Waals surface area contributed by atoms with E-state index in [1.807, 2.05) is 13.0 Å². The quantitative estimate of drug-likeness (QED) is 0.545. The number of hydrogen-bond acceptors (Lipinski definition) is 4. The van der Waals surface area contributed by atoms with Gasteiger partial charge in [0.15, 0.2) is 0 Å². The molecule has 2 aromatic carbocycles. The molecule has 2 N–H and O–H groups in total. The van der Waals surface area contributed by atoms with Crippen molar-refractivity contribution < 1.29 is 14.3 Å². The molecule has 2 atom stereocenters. The van der Waals surface area contributed by atoms with Crippen LogP contribution in [0.1, 0.15) is 52.3 Å². The number of nitrogens with one attached hydrogen (secondary N) is 2. The molecular weight excluding hydrogens is 451 g/mol. The van der Waals surface area contributed by atoms with E-state index in [9.17, 15) is 9.59 Å². The van der Waals surface area contributed by atoms with Crippen molar-refractivity contribution in [3.05, 3.63) is 63.4 Å². The molecule has 9 heteroatoms. The number of methoxy groups -OCH3 is 1. The Hall–Kier alpha value is -2.61. The number of hydrogen-bond donors (Lipinski definition) is 2. The summed E-state index contributed by atoms with van der Waals surface area (Å²) in [5.74, 6) is 0.165. The van der Waals surface area contributed by atoms with Crippen LogP contribution in [-0.4, -0.2) is 53.0 Å². The standard InChI is InChI=1S/C23H24Cl2N4O3/c1-13(21-27-19-8-6-15(24)11-20(19)28-21)26-22(30)14-5-7-17(18(25)10-14)23(31)29-9-3-4-16(29)12-32-2/h5-8,10-11,13,16H,3-4,9,12H2,1-2H3,(H,26,30)(H,27,28)/t13-,16-/m0/s1. The lowest BCUT2D eigenvalue weighted by molar-refractivity contribution is 0.0630. The van der Waals surface area contributed by atoms with Crippen molar-refractivity contribution in [2.75, 3.05) is 20.3 Å². The fourth-order valence-electron chi connectivity index (χ4n) is 4.01. The molecule has 0 aliphatic carbocycles. The maximum absolute atomic E-state index is 13.0. The first kappa shape index (κ1) is 22.6. The number of aromatic nitrogens is 2. The van der Waals surface area contributed by atoms with Crippen molar-refractivity contribution >= 4 is 46.0 Å². The van der Waals surface area contributed by atoms with Crippen LogP contribution in [0.4, 0.5) is 0 Å². The summed E-state index contributed by atoms with van der Waals surface area (Å²) in [4.78, 5) is 35.2. The summed E-state index contributed by atoms with van der Waals surface area (Å²) in [5.41, 5.74) is 2.32. The minimum absolute atomic E-state index is 0.0473. The smallest absolute Gasteiger partial charge is 0.255 e. The van der Waals surface area contributed by atoms with Gasteiger partial charge >= 0.3 is 0 Å². The van der Waals surface area contributed by atoms with Crippen LogP contribution in [0.3, 0.4) is 0 Å². The number of carbonyl (C=O) groups is 2. The van der Waals surface area contributed by atoms with Gasteiger partial charge in [0.1, 0.15) is 5.82 Å². The Kier molecular flexibility index (Phi) is 6.69. The topological polar surface area (TPSA) is 87.3 Å². The molecule has 1 aliphatic rings. The number of carbonyl (C=O) groups excluding carboxylic acids is 2. The largest absolute Gasteiger partial charge is 0.383 e. The molecule has 0 unspecified atom stereocenters. The third-order valence-electron chi connectivity index (χ3n) is 5.68. The van der Waals surface area contributed by atoms with Crippen molar-refractivity contribution in [1.82, 2.24) is 20.2 Å². The molecular formula is C23H24Cl2N4O3. The van der Waals surface area contributed by atoms with Gasteiger partial charge in [0.2, 0.25) is 0 Å². The zero-order valence-corrected chi connectivity index (χ0v) is 19.3. The fourth-order valence-corrected chi connectivity index (χ4v) is 4.43.